The summed E-state index contributed by atoms with van der Waals surface area (Å²) < 4.78 is 38.9. The molecule has 3 fully saturated rings. The van der Waals surface area contributed by atoms with Gasteiger partial charge in [-0.25, -0.2) is 8.42 Å². The summed E-state index contributed by atoms with van der Waals surface area (Å²) in [6, 6.07) is 4.93. The lowest BCUT2D eigenvalue weighted by atomic mass is 9.96. The fraction of sp³-hybridized carbons (Fsp3) is 0.667. The number of sulfonamides is 1. The molecular formula is C21H30N2O5S. The van der Waals surface area contributed by atoms with E-state index in [0.29, 0.717) is 45.0 Å². The highest BCUT2D eigenvalue weighted by molar-refractivity contribution is 7.89. The van der Waals surface area contributed by atoms with Gasteiger partial charge in [0.15, 0.2) is 6.29 Å². The molecule has 0 aromatic heterocycles. The Kier molecular flexibility index (Phi) is 6.24. The Balaban J connectivity index is 1.54. The molecule has 0 saturated carbocycles. The number of rotatable bonds is 4. The van der Waals surface area contributed by atoms with Crippen molar-refractivity contribution in [2.75, 3.05) is 39.4 Å². The van der Waals surface area contributed by atoms with E-state index in [1.807, 2.05) is 11.8 Å². The second-order valence-electron chi connectivity index (χ2n) is 8.20. The lowest BCUT2D eigenvalue weighted by Crippen LogP contribution is -2.44. The van der Waals surface area contributed by atoms with Crippen LogP contribution in [-0.4, -0.2) is 69.2 Å². The second-order valence-corrected chi connectivity index (χ2v) is 10.1. The average Bonchev–Trinajstić information content (AvgIpc) is 3.29. The van der Waals surface area contributed by atoms with Gasteiger partial charge in [-0.15, -0.1) is 0 Å². The minimum atomic E-state index is -3.57. The normalized spacial score (nSPS) is 24.7. The Morgan fingerprint density at radius 3 is 2.48 bits per heavy atom. The van der Waals surface area contributed by atoms with Gasteiger partial charge in [-0.3, -0.25) is 4.79 Å². The maximum atomic E-state index is 13.3. The van der Waals surface area contributed by atoms with Crippen LogP contribution >= 0.6 is 0 Å². The summed E-state index contributed by atoms with van der Waals surface area (Å²) in [5.41, 5.74) is 1.26. The number of likely N-dealkylation sites (tertiary alicyclic amines) is 1. The molecule has 1 amide bonds. The van der Waals surface area contributed by atoms with E-state index in [4.69, 9.17) is 9.47 Å². The molecule has 160 valence electrons. The standard InChI is InChI=1S/C21H30N2O5S/c1-16-7-8-18(29(25,26)23-10-3-2-4-11-23)14-19(16)20(24)22-9-5-6-17(15-22)21-27-12-13-28-21/h7-8,14,17,21H,2-6,9-13,15H2,1H3. The van der Waals surface area contributed by atoms with Crippen molar-refractivity contribution in [3.05, 3.63) is 29.3 Å². The Hall–Kier alpha value is -1.48. The topological polar surface area (TPSA) is 76.2 Å². The largest absolute Gasteiger partial charge is 0.350 e. The molecule has 29 heavy (non-hydrogen) atoms. The first kappa shape index (κ1) is 20.8. The molecule has 1 aromatic carbocycles. The molecule has 1 aromatic rings. The molecule has 4 rings (SSSR count). The number of ether oxygens (including phenoxy) is 2. The third-order valence-electron chi connectivity index (χ3n) is 6.17. The van der Waals surface area contributed by atoms with Crippen LogP contribution in [0.25, 0.3) is 0 Å². The molecule has 8 heteroatoms. The zero-order valence-corrected chi connectivity index (χ0v) is 17.8. The van der Waals surface area contributed by atoms with Crippen molar-refractivity contribution in [2.24, 2.45) is 5.92 Å². The van der Waals surface area contributed by atoms with Crippen molar-refractivity contribution in [3.63, 3.8) is 0 Å². The number of carbonyl (C=O) groups excluding carboxylic acids is 1. The van der Waals surface area contributed by atoms with E-state index >= 15 is 0 Å². The number of aryl methyl sites for hydroxylation is 1. The van der Waals surface area contributed by atoms with E-state index in [2.05, 4.69) is 0 Å². The van der Waals surface area contributed by atoms with Crippen LogP contribution in [0, 0.1) is 12.8 Å². The van der Waals surface area contributed by atoms with Gasteiger partial charge in [0.1, 0.15) is 0 Å². The third-order valence-corrected chi connectivity index (χ3v) is 8.06. The highest BCUT2D eigenvalue weighted by Crippen LogP contribution is 2.28. The highest BCUT2D eigenvalue weighted by Gasteiger charge is 2.34. The molecule has 0 radical (unpaired) electrons. The predicted molar refractivity (Wildman–Crippen MR) is 108 cm³/mol. The molecular weight excluding hydrogens is 392 g/mol. The molecule has 0 aliphatic carbocycles. The van der Waals surface area contributed by atoms with Gasteiger partial charge in [-0.1, -0.05) is 12.5 Å². The van der Waals surface area contributed by atoms with Crippen molar-refractivity contribution in [1.82, 2.24) is 9.21 Å². The Bertz CT molecular complexity index is 845. The summed E-state index contributed by atoms with van der Waals surface area (Å²) in [5, 5.41) is 0. The molecule has 0 spiro atoms. The van der Waals surface area contributed by atoms with E-state index in [0.717, 1.165) is 37.7 Å². The van der Waals surface area contributed by atoms with Crippen LogP contribution in [0.4, 0.5) is 0 Å². The van der Waals surface area contributed by atoms with Gasteiger partial charge < -0.3 is 14.4 Å². The molecule has 3 saturated heterocycles. The smallest absolute Gasteiger partial charge is 0.254 e. The van der Waals surface area contributed by atoms with Gasteiger partial charge in [0.25, 0.3) is 5.91 Å². The molecule has 1 atom stereocenters. The van der Waals surface area contributed by atoms with Crippen LogP contribution in [0.1, 0.15) is 48.0 Å². The fourth-order valence-corrected chi connectivity index (χ4v) is 6.03. The van der Waals surface area contributed by atoms with Gasteiger partial charge in [-0.2, -0.15) is 4.31 Å². The molecule has 1 unspecified atom stereocenters. The van der Waals surface area contributed by atoms with Crippen LogP contribution in [0.2, 0.25) is 0 Å². The lowest BCUT2D eigenvalue weighted by molar-refractivity contribution is -0.0969. The monoisotopic (exact) mass is 422 g/mol. The second kappa shape index (κ2) is 8.71. The van der Waals surface area contributed by atoms with Crippen LogP contribution in [0.3, 0.4) is 0 Å². The highest BCUT2D eigenvalue weighted by atomic mass is 32.2. The van der Waals surface area contributed by atoms with Gasteiger partial charge in [0.05, 0.1) is 18.1 Å². The third kappa shape index (κ3) is 4.35. The summed E-state index contributed by atoms with van der Waals surface area (Å²) in [7, 11) is -3.57. The lowest BCUT2D eigenvalue weighted by Gasteiger charge is -2.35. The van der Waals surface area contributed by atoms with Crippen molar-refractivity contribution in [3.8, 4) is 0 Å². The number of amides is 1. The maximum Gasteiger partial charge on any atom is 0.254 e. The zero-order chi connectivity index (χ0) is 20.4. The first-order valence-corrected chi connectivity index (χ1v) is 12.0. The Labute approximate surface area is 173 Å². The van der Waals surface area contributed by atoms with Crippen molar-refractivity contribution < 1.29 is 22.7 Å². The summed E-state index contributed by atoms with van der Waals surface area (Å²) in [5.74, 6) is 0.0525. The number of benzene rings is 1. The molecule has 0 bridgehead atoms. The average molecular weight is 423 g/mol. The SMILES string of the molecule is Cc1ccc(S(=O)(=O)N2CCCCC2)cc1C(=O)N1CCCC(C2OCCO2)C1. The number of hydrogen-bond acceptors (Lipinski definition) is 5. The van der Waals surface area contributed by atoms with E-state index in [1.54, 1.807) is 22.5 Å². The number of nitrogens with zero attached hydrogens (tertiary/aromatic N) is 2. The number of piperidine rings is 2. The van der Waals surface area contributed by atoms with Crippen molar-refractivity contribution in [1.29, 1.82) is 0 Å². The van der Waals surface area contributed by atoms with Gasteiger partial charge in [0.2, 0.25) is 10.0 Å². The Morgan fingerprint density at radius 1 is 1.03 bits per heavy atom. The molecule has 0 N–H and O–H groups in total. The summed E-state index contributed by atoms with van der Waals surface area (Å²) >= 11 is 0. The molecule has 3 aliphatic rings. The minimum Gasteiger partial charge on any atom is -0.350 e. The quantitative estimate of drug-likeness (QED) is 0.745. The number of hydrogen-bond donors (Lipinski definition) is 0. The zero-order valence-electron chi connectivity index (χ0n) is 17.0. The molecule has 3 aliphatic heterocycles. The van der Waals surface area contributed by atoms with Gasteiger partial charge in [-0.05, 0) is 50.3 Å². The summed E-state index contributed by atoms with van der Waals surface area (Å²) in [4.78, 5) is 15.3. The van der Waals surface area contributed by atoms with Crippen molar-refractivity contribution >= 4 is 15.9 Å². The summed E-state index contributed by atoms with van der Waals surface area (Å²) in [6.45, 7) is 5.41. The van der Waals surface area contributed by atoms with Crippen LogP contribution in [0.5, 0.6) is 0 Å². The molecule has 3 heterocycles. The summed E-state index contributed by atoms with van der Waals surface area (Å²) in [6.07, 6.45) is 4.46. The van der Waals surface area contributed by atoms with E-state index in [9.17, 15) is 13.2 Å². The molecule has 7 nitrogen and oxygen atoms in total. The van der Waals surface area contributed by atoms with E-state index in [1.165, 1.54) is 0 Å². The first-order chi connectivity index (χ1) is 14.0. The predicted octanol–water partition coefficient (Wildman–Crippen LogP) is 2.39. The minimum absolute atomic E-state index is 0.110. The van der Waals surface area contributed by atoms with Gasteiger partial charge in [0, 0.05) is 37.7 Å². The van der Waals surface area contributed by atoms with Crippen molar-refractivity contribution in [2.45, 2.75) is 50.2 Å². The van der Waals surface area contributed by atoms with Crippen LogP contribution < -0.4 is 0 Å². The van der Waals surface area contributed by atoms with Crippen LogP contribution in [0.15, 0.2) is 23.1 Å². The van der Waals surface area contributed by atoms with E-state index < -0.39 is 10.0 Å². The fourth-order valence-electron chi connectivity index (χ4n) is 4.48. The Morgan fingerprint density at radius 2 is 1.76 bits per heavy atom. The maximum absolute atomic E-state index is 13.3. The van der Waals surface area contributed by atoms with E-state index in [-0.39, 0.29) is 23.0 Å². The van der Waals surface area contributed by atoms with Gasteiger partial charge >= 0.3 is 0 Å². The first-order valence-electron chi connectivity index (χ1n) is 10.6. The van der Waals surface area contributed by atoms with Crippen LogP contribution in [-0.2, 0) is 19.5 Å². The number of carbonyl (C=O) groups is 1.